The van der Waals surface area contributed by atoms with Crippen LogP contribution >= 0.6 is 0 Å². The van der Waals surface area contributed by atoms with Gasteiger partial charge in [-0.25, -0.2) is 4.98 Å². The zero-order valence-electron chi connectivity index (χ0n) is 14.6. The smallest absolute Gasteiger partial charge is 0.223 e. The molecule has 1 aliphatic heterocycles. The van der Waals surface area contributed by atoms with E-state index in [0.29, 0.717) is 0 Å². The largest absolute Gasteiger partial charge is 0.497 e. The molecule has 1 aromatic heterocycles. The Morgan fingerprint density at radius 2 is 2.00 bits per heavy atom. The van der Waals surface area contributed by atoms with Crippen LogP contribution < -0.4 is 15.0 Å². The highest BCUT2D eigenvalue weighted by Gasteiger charge is 2.25. The van der Waals surface area contributed by atoms with Gasteiger partial charge in [0.05, 0.1) is 12.6 Å². The van der Waals surface area contributed by atoms with Crippen molar-refractivity contribution in [2.24, 2.45) is 5.92 Å². The Balaban J connectivity index is 1.68. The maximum atomic E-state index is 12.1. The monoisotopic (exact) mass is 327 g/mol. The number of hydrogen-bond acceptors (Lipinski definition) is 4. The Morgan fingerprint density at radius 1 is 1.25 bits per heavy atom. The first-order chi connectivity index (χ1) is 11.6. The molecule has 1 amide bonds. The summed E-state index contributed by atoms with van der Waals surface area (Å²) in [6, 6.07) is 10.2. The summed E-state index contributed by atoms with van der Waals surface area (Å²) in [5.41, 5.74) is 0.966. The molecule has 1 fully saturated rings. The summed E-state index contributed by atoms with van der Waals surface area (Å²) in [6.45, 7) is 5.73. The lowest BCUT2D eigenvalue weighted by Crippen LogP contribution is -2.42. The van der Waals surface area contributed by atoms with Crippen molar-refractivity contribution in [3.63, 3.8) is 0 Å². The highest BCUT2D eigenvalue weighted by atomic mass is 16.5. The first kappa shape index (κ1) is 16.6. The fourth-order valence-electron chi connectivity index (χ4n) is 3.17. The van der Waals surface area contributed by atoms with Gasteiger partial charge in [-0.3, -0.25) is 4.79 Å². The van der Waals surface area contributed by atoms with Crippen molar-refractivity contribution in [2.75, 3.05) is 25.1 Å². The number of piperidine rings is 1. The van der Waals surface area contributed by atoms with Crippen molar-refractivity contribution < 1.29 is 9.53 Å². The van der Waals surface area contributed by atoms with Gasteiger partial charge in [0, 0.05) is 30.4 Å². The van der Waals surface area contributed by atoms with Gasteiger partial charge in [-0.1, -0.05) is 0 Å². The van der Waals surface area contributed by atoms with Crippen molar-refractivity contribution in [1.82, 2.24) is 10.3 Å². The predicted molar refractivity (Wildman–Crippen MR) is 96.5 cm³/mol. The van der Waals surface area contributed by atoms with E-state index in [9.17, 15) is 4.79 Å². The van der Waals surface area contributed by atoms with E-state index in [1.165, 1.54) is 0 Å². The fraction of sp³-hybridized carbons (Fsp3) is 0.474. The second-order valence-electron chi connectivity index (χ2n) is 6.65. The van der Waals surface area contributed by atoms with Gasteiger partial charge in [0.15, 0.2) is 0 Å². The molecule has 3 rings (SSSR count). The number of hydrogen-bond donors (Lipinski definition) is 1. The number of nitrogens with one attached hydrogen (secondary N) is 1. The van der Waals surface area contributed by atoms with Gasteiger partial charge in [0.1, 0.15) is 11.6 Å². The zero-order chi connectivity index (χ0) is 17.1. The molecule has 2 aromatic rings. The zero-order valence-corrected chi connectivity index (χ0v) is 14.6. The van der Waals surface area contributed by atoms with Crippen molar-refractivity contribution in [3.8, 4) is 5.75 Å². The molecule has 0 spiro atoms. The molecule has 24 heavy (non-hydrogen) atoms. The van der Waals surface area contributed by atoms with Crippen LogP contribution in [0.5, 0.6) is 5.75 Å². The Bertz CT molecular complexity index is 722. The van der Waals surface area contributed by atoms with Crippen LogP contribution in [0.25, 0.3) is 10.9 Å². The van der Waals surface area contributed by atoms with E-state index in [-0.39, 0.29) is 17.9 Å². The molecule has 1 aromatic carbocycles. The summed E-state index contributed by atoms with van der Waals surface area (Å²) in [7, 11) is 1.67. The number of pyridine rings is 1. The lowest BCUT2D eigenvalue weighted by atomic mass is 9.95. The Hall–Kier alpha value is -2.30. The number of benzene rings is 1. The number of aromatic nitrogens is 1. The summed E-state index contributed by atoms with van der Waals surface area (Å²) in [5, 5.41) is 4.09. The number of ether oxygens (including phenoxy) is 1. The van der Waals surface area contributed by atoms with E-state index in [0.717, 1.165) is 48.4 Å². The average Bonchev–Trinajstić information content (AvgIpc) is 2.60. The Labute approximate surface area is 143 Å². The molecule has 0 saturated carbocycles. The Kier molecular flexibility index (Phi) is 4.88. The standard InChI is InChI=1S/C19H25N3O2/c1-13(2)20-19(23)14-8-10-22(11-9-14)18-7-4-15-12-16(24-3)5-6-17(15)21-18/h4-7,12-14H,8-11H2,1-3H3,(H,20,23). The van der Waals surface area contributed by atoms with Gasteiger partial charge in [0.2, 0.25) is 5.91 Å². The molecular formula is C19H25N3O2. The molecular weight excluding hydrogens is 302 g/mol. The van der Waals surface area contributed by atoms with Crippen LogP contribution in [0.3, 0.4) is 0 Å². The number of methoxy groups -OCH3 is 1. The molecule has 5 heteroatoms. The van der Waals surface area contributed by atoms with Crippen LogP contribution in [0.15, 0.2) is 30.3 Å². The summed E-state index contributed by atoms with van der Waals surface area (Å²) < 4.78 is 5.25. The number of anilines is 1. The number of nitrogens with zero attached hydrogens (tertiary/aromatic N) is 2. The second-order valence-corrected chi connectivity index (χ2v) is 6.65. The predicted octanol–water partition coefficient (Wildman–Crippen LogP) is 2.98. The van der Waals surface area contributed by atoms with E-state index >= 15 is 0 Å². The topological polar surface area (TPSA) is 54.5 Å². The van der Waals surface area contributed by atoms with E-state index in [2.05, 4.69) is 22.3 Å². The third-order valence-corrected chi connectivity index (χ3v) is 4.50. The number of carbonyl (C=O) groups excluding carboxylic acids is 1. The third kappa shape index (κ3) is 3.61. The minimum absolute atomic E-state index is 0.119. The molecule has 128 valence electrons. The van der Waals surface area contributed by atoms with Crippen LogP contribution in [0, 0.1) is 5.92 Å². The van der Waals surface area contributed by atoms with Gasteiger partial charge >= 0.3 is 0 Å². The summed E-state index contributed by atoms with van der Waals surface area (Å²) in [4.78, 5) is 19.2. The van der Waals surface area contributed by atoms with Crippen molar-refractivity contribution >= 4 is 22.6 Å². The number of fused-ring (bicyclic) bond motifs is 1. The number of rotatable bonds is 4. The lowest BCUT2D eigenvalue weighted by molar-refractivity contribution is -0.126. The van der Waals surface area contributed by atoms with Crippen molar-refractivity contribution in [1.29, 1.82) is 0 Å². The highest BCUT2D eigenvalue weighted by Crippen LogP contribution is 2.26. The van der Waals surface area contributed by atoms with Gasteiger partial charge < -0.3 is 15.0 Å². The normalized spacial score (nSPS) is 15.8. The lowest BCUT2D eigenvalue weighted by Gasteiger charge is -2.32. The molecule has 1 N–H and O–H groups in total. The van der Waals surface area contributed by atoms with Gasteiger partial charge in [-0.05, 0) is 57.0 Å². The van der Waals surface area contributed by atoms with Crippen LogP contribution in [0.1, 0.15) is 26.7 Å². The minimum atomic E-state index is 0.119. The number of amides is 1. The Morgan fingerprint density at radius 3 is 2.67 bits per heavy atom. The number of carbonyl (C=O) groups is 1. The van der Waals surface area contributed by atoms with Crippen LogP contribution in [-0.2, 0) is 4.79 Å². The molecule has 1 aliphatic rings. The molecule has 0 unspecified atom stereocenters. The summed E-state index contributed by atoms with van der Waals surface area (Å²) in [6.07, 6.45) is 1.75. The fourth-order valence-corrected chi connectivity index (χ4v) is 3.17. The molecule has 5 nitrogen and oxygen atoms in total. The maximum absolute atomic E-state index is 12.1. The first-order valence-electron chi connectivity index (χ1n) is 8.57. The van der Waals surface area contributed by atoms with Crippen molar-refractivity contribution in [3.05, 3.63) is 30.3 Å². The molecule has 1 saturated heterocycles. The average molecular weight is 327 g/mol. The minimum Gasteiger partial charge on any atom is -0.497 e. The van der Waals surface area contributed by atoms with Crippen LogP contribution in [-0.4, -0.2) is 37.1 Å². The van der Waals surface area contributed by atoms with Crippen LogP contribution in [0.2, 0.25) is 0 Å². The van der Waals surface area contributed by atoms with E-state index in [4.69, 9.17) is 9.72 Å². The third-order valence-electron chi connectivity index (χ3n) is 4.50. The molecule has 2 heterocycles. The van der Waals surface area contributed by atoms with E-state index in [1.807, 2.05) is 32.0 Å². The molecule has 0 atom stereocenters. The quantitative estimate of drug-likeness (QED) is 0.938. The maximum Gasteiger partial charge on any atom is 0.223 e. The molecule has 0 aliphatic carbocycles. The van der Waals surface area contributed by atoms with Crippen molar-refractivity contribution in [2.45, 2.75) is 32.7 Å². The second kappa shape index (κ2) is 7.07. The van der Waals surface area contributed by atoms with E-state index < -0.39 is 0 Å². The van der Waals surface area contributed by atoms with E-state index in [1.54, 1.807) is 7.11 Å². The van der Waals surface area contributed by atoms with Gasteiger partial charge in [-0.15, -0.1) is 0 Å². The molecule has 0 bridgehead atoms. The highest BCUT2D eigenvalue weighted by molar-refractivity contribution is 5.82. The van der Waals surface area contributed by atoms with Gasteiger partial charge in [0.25, 0.3) is 0 Å². The van der Waals surface area contributed by atoms with Crippen LogP contribution in [0.4, 0.5) is 5.82 Å². The SMILES string of the molecule is COc1ccc2nc(N3CCC(C(=O)NC(C)C)CC3)ccc2c1. The summed E-state index contributed by atoms with van der Waals surface area (Å²) in [5.74, 6) is 2.13. The molecule has 0 radical (unpaired) electrons. The first-order valence-corrected chi connectivity index (χ1v) is 8.57. The summed E-state index contributed by atoms with van der Waals surface area (Å²) >= 11 is 0. The van der Waals surface area contributed by atoms with Gasteiger partial charge in [-0.2, -0.15) is 0 Å².